The number of furan rings is 1. The second-order valence-electron chi connectivity index (χ2n) is 5.81. The van der Waals surface area contributed by atoms with Crippen molar-refractivity contribution in [3.05, 3.63) is 42.2 Å². The highest BCUT2D eigenvalue weighted by Gasteiger charge is 2.12. The third-order valence-electron chi connectivity index (χ3n) is 4.17. The minimum absolute atomic E-state index is 0.864. The average Bonchev–Trinajstić information content (AvgIpc) is 3.22. The van der Waals surface area contributed by atoms with Crippen molar-refractivity contribution < 1.29 is 9.15 Å². The van der Waals surface area contributed by atoms with Crippen molar-refractivity contribution in [2.45, 2.75) is 12.8 Å². The van der Waals surface area contributed by atoms with Crippen LogP contribution in [-0.4, -0.2) is 42.7 Å². The molecule has 0 spiro atoms. The number of aryl methyl sites for hydroxylation is 1. The first-order valence-electron chi connectivity index (χ1n) is 8.13. The summed E-state index contributed by atoms with van der Waals surface area (Å²) in [6, 6.07) is 12.3. The molecule has 4 nitrogen and oxygen atoms in total. The van der Waals surface area contributed by atoms with E-state index in [1.165, 1.54) is 4.70 Å². The molecule has 1 aromatic carbocycles. The molecule has 4 rings (SSSR count). The Hall–Kier alpha value is -1.69. The molecule has 0 saturated carbocycles. The van der Waals surface area contributed by atoms with Crippen LogP contribution in [0.3, 0.4) is 0 Å². The number of hydrogen-bond acceptors (Lipinski definition) is 5. The molecule has 1 fully saturated rings. The van der Waals surface area contributed by atoms with Gasteiger partial charge in [-0.25, -0.2) is 4.98 Å². The largest absolute Gasteiger partial charge is 0.459 e. The Kier molecular flexibility index (Phi) is 4.41. The predicted octanol–water partition coefficient (Wildman–Crippen LogP) is 3.82. The molecule has 3 heterocycles. The summed E-state index contributed by atoms with van der Waals surface area (Å²) in [6.45, 7) is 4.94. The number of benzene rings is 1. The first kappa shape index (κ1) is 14.9. The van der Waals surface area contributed by atoms with Crippen molar-refractivity contribution in [2.24, 2.45) is 0 Å². The first-order valence-corrected chi connectivity index (χ1v) is 8.95. The molecule has 1 aliphatic heterocycles. The van der Waals surface area contributed by atoms with E-state index in [1.54, 1.807) is 11.3 Å². The Morgan fingerprint density at radius 1 is 1.09 bits per heavy atom. The molecule has 2 aromatic heterocycles. The minimum atomic E-state index is 0.864. The first-order chi connectivity index (χ1) is 11.4. The van der Waals surface area contributed by atoms with Gasteiger partial charge < -0.3 is 9.15 Å². The van der Waals surface area contributed by atoms with Gasteiger partial charge in [0.25, 0.3) is 0 Å². The van der Waals surface area contributed by atoms with Crippen LogP contribution in [0.15, 0.2) is 40.8 Å². The van der Waals surface area contributed by atoms with Gasteiger partial charge in [-0.15, -0.1) is 11.3 Å². The smallest absolute Gasteiger partial charge is 0.162 e. The molecule has 23 heavy (non-hydrogen) atoms. The lowest BCUT2D eigenvalue weighted by molar-refractivity contribution is 0.0373. The average molecular weight is 328 g/mol. The molecular weight excluding hydrogens is 308 g/mol. The van der Waals surface area contributed by atoms with Gasteiger partial charge in [-0.1, -0.05) is 12.1 Å². The third kappa shape index (κ3) is 3.47. The molecule has 0 aliphatic carbocycles. The van der Waals surface area contributed by atoms with Crippen LogP contribution < -0.4 is 0 Å². The third-order valence-corrected chi connectivity index (χ3v) is 5.22. The van der Waals surface area contributed by atoms with Gasteiger partial charge in [0.05, 0.1) is 23.4 Å². The van der Waals surface area contributed by atoms with Gasteiger partial charge in [0, 0.05) is 19.5 Å². The highest BCUT2D eigenvalue weighted by molar-refractivity contribution is 7.21. The molecule has 0 unspecified atom stereocenters. The van der Waals surface area contributed by atoms with Crippen LogP contribution in [-0.2, 0) is 11.2 Å². The fourth-order valence-electron chi connectivity index (χ4n) is 2.91. The molecule has 0 bridgehead atoms. The second-order valence-corrected chi connectivity index (χ2v) is 6.84. The summed E-state index contributed by atoms with van der Waals surface area (Å²) >= 11 is 1.68. The van der Waals surface area contributed by atoms with Crippen molar-refractivity contribution in [1.29, 1.82) is 0 Å². The van der Waals surface area contributed by atoms with Crippen LogP contribution in [0.25, 0.3) is 21.0 Å². The molecule has 1 saturated heterocycles. The minimum Gasteiger partial charge on any atom is -0.459 e. The number of ether oxygens (including phenoxy) is 1. The van der Waals surface area contributed by atoms with Gasteiger partial charge in [-0.05, 0) is 37.2 Å². The van der Waals surface area contributed by atoms with Crippen LogP contribution in [0, 0.1) is 0 Å². The Balaban J connectivity index is 1.38. The molecule has 5 heteroatoms. The highest BCUT2D eigenvalue weighted by Crippen LogP contribution is 2.31. The summed E-state index contributed by atoms with van der Waals surface area (Å²) in [6.07, 6.45) is 2.09. The zero-order chi connectivity index (χ0) is 15.5. The van der Waals surface area contributed by atoms with Crippen molar-refractivity contribution in [2.75, 3.05) is 32.8 Å². The van der Waals surface area contributed by atoms with E-state index in [0.717, 1.165) is 67.7 Å². The number of nitrogens with zero attached hydrogens (tertiary/aromatic N) is 2. The van der Waals surface area contributed by atoms with E-state index in [1.807, 2.05) is 24.3 Å². The van der Waals surface area contributed by atoms with Crippen LogP contribution in [0.4, 0.5) is 0 Å². The van der Waals surface area contributed by atoms with E-state index in [4.69, 9.17) is 9.15 Å². The Morgan fingerprint density at radius 2 is 1.96 bits per heavy atom. The molecular formula is C18H20N2O2S. The zero-order valence-corrected chi connectivity index (χ0v) is 13.8. The lowest BCUT2D eigenvalue weighted by atomic mass is 10.2. The molecule has 1 aliphatic rings. The number of morpholine rings is 1. The van der Waals surface area contributed by atoms with Gasteiger partial charge in [-0.2, -0.15) is 0 Å². The van der Waals surface area contributed by atoms with Gasteiger partial charge in [-0.3, -0.25) is 4.90 Å². The molecule has 3 aromatic rings. The summed E-state index contributed by atoms with van der Waals surface area (Å²) in [5.41, 5.74) is 1.04. The maximum atomic E-state index is 5.99. The van der Waals surface area contributed by atoms with Crippen LogP contribution in [0.1, 0.15) is 12.2 Å². The number of rotatable bonds is 5. The molecule has 0 amide bonds. The number of hydrogen-bond donors (Lipinski definition) is 0. The zero-order valence-electron chi connectivity index (χ0n) is 13.0. The van der Waals surface area contributed by atoms with E-state index in [9.17, 15) is 0 Å². The van der Waals surface area contributed by atoms with E-state index in [0.29, 0.717) is 0 Å². The van der Waals surface area contributed by atoms with E-state index < -0.39 is 0 Å². The van der Waals surface area contributed by atoms with E-state index >= 15 is 0 Å². The standard InChI is InChI=1S/C18H20N2O2S/c1-2-6-17-15(5-1)19-18(23-17)16-8-7-14(22-16)4-3-9-20-10-12-21-13-11-20/h1-2,5-8H,3-4,9-13H2. The quantitative estimate of drug-likeness (QED) is 0.714. The number of fused-ring (bicyclic) bond motifs is 1. The molecule has 0 N–H and O–H groups in total. The molecule has 0 radical (unpaired) electrons. The molecule has 0 atom stereocenters. The summed E-state index contributed by atoms with van der Waals surface area (Å²) in [7, 11) is 0. The SMILES string of the molecule is c1ccc2sc(-c3ccc(CCCN4CCOCC4)o3)nc2c1. The topological polar surface area (TPSA) is 38.5 Å². The lowest BCUT2D eigenvalue weighted by Gasteiger charge is -2.26. The Labute approximate surface area is 139 Å². The number of thiazole rings is 1. The Morgan fingerprint density at radius 3 is 2.83 bits per heavy atom. The summed E-state index contributed by atoms with van der Waals surface area (Å²) in [4.78, 5) is 7.11. The summed E-state index contributed by atoms with van der Waals surface area (Å²) in [5.74, 6) is 1.93. The van der Waals surface area contributed by atoms with Gasteiger partial charge in [0.15, 0.2) is 10.8 Å². The van der Waals surface area contributed by atoms with Crippen LogP contribution in [0.2, 0.25) is 0 Å². The van der Waals surface area contributed by atoms with E-state index in [2.05, 4.69) is 22.0 Å². The predicted molar refractivity (Wildman–Crippen MR) is 92.9 cm³/mol. The van der Waals surface area contributed by atoms with Gasteiger partial charge >= 0.3 is 0 Å². The highest BCUT2D eigenvalue weighted by atomic mass is 32.1. The summed E-state index contributed by atoms with van der Waals surface area (Å²) < 4.78 is 12.6. The maximum Gasteiger partial charge on any atom is 0.162 e. The van der Waals surface area contributed by atoms with Gasteiger partial charge in [0.1, 0.15) is 5.76 Å². The Bertz CT molecular complexity index is 741. The van der Waals surface area contributed by atoms with Crippen molar-refractivity contribution in [3.8, 4) is 10.8 Å². The van der Waals surface area contributed by atoms with Gasteiger partial charge in [0.2, 0.25) is 0 Å². The van der Waals surface area contributed by atoms with E-state index in [-0.39, 0.29) is 0 Å². The lowest BCUT2D eigenvalue weighted by Crippen LogP contribution is -2.36. The van der Waals surface area contributed by atoms with Crippen molar-refractivity contribution in [1.82, 2.24) is 9.88 Å². The number of aromatic nitrogens is 1. The summed E-state index contributed by atoms with van der Waals surface area (Å²) in [5, 5.41) is 0.964. The van der Waals surface area contributed by atoms with Crippen LogP contribution >= 0.6 is 11.3 Å². The monoisotopic (exact) mass is 328 g/mol. The van der Waals surface area contributed by atoms with Crippen LogP contribution in [0.5, 0.6) is 0 Å². The second kappa shape index (κ2) is 6.83. The fraction of sp³-hybridized carbons (Fsp3) is 0.389. The van der Waals surface area contributed by atoms with Crippen molar-refractivity contribution >= 4 is 21.6 Å². The van der Waals surface area contributed by atoms with Crippen molar-refractivity contribution in [3.63, 3.8) is 0 Å². The normalized spacial score (nSPS) is 16.2. The number of para-hydroxylation sites is 1. The fourth-order valence-corrected chi connectivity index (χ4v) is 3.83. The molecule has 120 valence electrons. The maximum absolute atomic E-state index is 5.99.